The Labute approximate surface area is 337 Å². The molecule has 1 aliphatic carbocycles. The number of fused-ring (bicyclic) bond motifs is 2. The quantitative estimate of drug-likeness (QED) is 0.185. The Hall–Kier alpha value is -5.25. The zero-order chi connectivity index (χ0) is 40.4. The summed E-state index contributed by atoms with van der Waals surface area (Å²) in [4.78, 5) is 73.3. The fourth-order valence-corrected chi connectivity index (χ4v) is 10.3. The van der Waals surface area contributed by atoms with Crippen molar-refractivity contribution < 1.29 is 28.7 Å². The van der Waals surface area contributed by atoms with Crippen LogP contribution in [0.15, 0.2) is 54.6 Å². The molecule has 2 N–H and O–H groups in total. The molecule has 12 nitrogen and oxygen atoms in total. The molecule has 8 rings (SSSR count). The van der Waals surface area contributed by atoms with Crippen LogP contribution in [-0.4, -0.2) is 77.2 Å². The Morgan fingerprint density at radius 3 is 2.12 bits per heavy atom. The molecule has 3 aromatic rings. The number of anilines is 1. The number of nitrogens with zero attached hydrogens (tertiary/aromatic N) is 4. The van der Waals surface area contributed by atoms with Gasteiger partial charge in [0.15, 0.2) is 0 Å². The number of ether oxygens (including phenoxy) is 1. The summed E-state index contributed by atoms with van der Waals surface area (Å²) in [5.41, 5.74) is 4.16. The van der Waals surface area contributed by atoms with Crippen LogP contribution in [0.3, 0.4) is 0 Å². The third-order valence-electron chi connectivity index (χ3n) is 12.9. The predicted octanol–water partition coefficient (Wildman–Crippen LogP) is 6.53. The maximum atomic E-state index is 13.5. The highest BCUT2D eigenvalue weighted by molar-refractivity contribution is 6.33. The third kappa shape index (κ3) is 6.95. The van der Waals surface area contributed by atoms with Gasteiger partial charge in [0.25, 0.3) is 17.7 Å². The summed E-state index contributed by atoms with van der Waals surface area (Å²) in [7, 11) is 0. The van der Waals surface area contributed by atoms with Gasteiger partial charge in [0, 0.05) is 60.7 Å². The van der Waals surface area contributed by atoms with Gasteiger partial charge in [-0.2, -0.15) is 0 Å². The molecule has 3 fully saturated rings. The van der Waals surface area contributed by atoms with Crippen molar-refractivity contribution in [2.45, 2.75) is 91.1 Å². The summed E-state index contributed by atoms with van der Waals surface area (Å²) >= 11 is 6.26. The summed E-state index contributed by atoms with van der Waals surface area (Å²) in [6.07, 6.45) is 3.27. The van der Waals surface area contributed by atoms with E-state index >= 15 is 0 Å². The lowest BCUT2D eigenvalue weighted by Gasteiger charge is -2.63. The topological polar surface area (TPSA) is 133 Å². The van der Waals surface area contributed by atoms with Crippen molar-refractivity contribution in [1.29, 1.82) is 0 Å². The van der Waals surface area contributed by atoms with Crippen molar-refractivity contribution in [2.75, 3.05) is 24.5 Å². The van der Waals surface area contributed by atoms with Crippen LogP contribution in [0.2, 0.25) is 5.02 Å². The predicted molar refractivity (Wildman–Crippen MR) is 214 cm³/mol. The van der Waals surface area contributed by atoms with Crippen molar-refractivity contribution >= 4 is 52.5 Å². The van der Waals surface area contributed by atoms with E-state index in [1.54, 1.807) is 18.2 Å². The molecular weight excluding hydrogens is 744 g/mol. The summed E-state index contributed by atoms with van der Waals surface area (Å²) in [6.45, 7) is 19.8. The minimum atomic E-state index is -0.961. The van der Waals surface area contributed by atoms with Gasteiger partial charge in [-0.15, -0.1) is 0 Å². The number of imide groups is 2. The van der Waals surface area contributed by atoms with Crippen molar-refractivity contribution in [2.24, 2.45) is 16.7 Å². The van der Waals surface area contributed by atoms with Gasteiger partial charge in [-0.3, -0.25) is 39.1 Å². The number of rotatable bonds is 9. The first-order chi connectivity index (χ1) is 27.1. The lowest BCUT2D eigenvalue weighted by atomic mass is 9.49. The molecule has 0 aromatic heterocycles. The number of amides is 5. The molecule has 57 heavy (non-hydrogen) atoms. The summed E-state index contributed by atoms with van der Waals surface area (Å²) in [6, 6.07) is 15.5. The molecule has 5 amide bonds. The molecule has 296 valence electrons. The molecule has 4 heterocycles. The molecule has 2 saturated heterocycles. The van der Waals surface area contributed by atoms with Gasteiger partial charge in [0.1, 0.15) is 17.9 Å². The summed E-state index contributed by atoms with van der Waals surface area (Å²) < 4.78 is 6.38. The number of benzene rings is 3. The number of hydrogen-bond acceptors (Lipinski definition) is 8. The Morgan fingerprint density at radius 1 is 0.912 bits per heavy atom. The largest absolute Gasteiger partial charge is 0.489 e. The average Bonchev–Trinajstić information content (AvgIpc) is 3.70. The van der Waals surface area contributed by atoms with Crippen molar-refractivity contribution in [3.8, 4) is 5.75 Å². The molecule has 0 radical (unpaired) electrons. The summed E-state index contributed by atoms with van der Waals surface area (Å²) in [5.74, 6) is -0.847. The van der Waals surface area contributed by atoms with Crippen molar-refractivity contribution in [3.05, 3.63) is 98.9 Å². The average molecular weight is 791 g/mol. The molecule has 4 aliphatic heterocycles. The van der Waals surface area contributed by atoms with Gasteiger partial charge in [-0.25, -0.2) is 4.85 Å². The van der Waals surface area contributed by atoms with E-state index in [0.717, 1.165) is 60.6 Å². The van der Waals surface area contributed by atoms with Gasteiger partial charge in [-0.05, 0) is 97.8 Å². The smallest absolute Gasteiger partial charge is 0.262 e. The SMILES string of the molecule is [C-]#[N+]c1ccc(OC2C(C)(C)C(NC(=O)c3ccc(N4CCC(CCN5Cc6cc7c(cc6C5)C(=O)N([C@@H]5CCC(=O)NC5=O)C7=O)CC4)cc3)C2(C)C)cc1Cl. The number of carbonyl (C=O) groups excluding carboxylic acids is 5. The molecular formula is C44H47ClN6O6. The molecule has 1 atom stereocenters. The Bertz CT molecular complexity index is 2160. The van der Waals surface area contributed by atoms with Gasteiger partial charge < -0.3 is 15.0 Å². The van der Waals surface area contributed by atoms with E-state index < -0.39 is 23.8 Å². The number of nitrogens with one attached hydrogen (secondary N) is 2. The second kappa shape index (κ2) is 14.6. The first kappa shape index (κ1) is 38.6. The van der Waals surface area contributed by atoms with Crippen LogP contribution in [-0.2, 0) is 22.7 Å². The van der Waals surface area contributed by atoms with E-state index in [1.165, 1.54) is 0 Å². The van der Waals surface area contributed by atoms with E-state index in [-0.39, 0.29) is 47.6 Å². The summed E-state index contributed by atoms with van der Waals surface area (Å²) in [5, 5.41) is 5.89. The van der Waals surface area contributed by atoms with E-state index in [2.05, 4.69) is 53.0 Å². The maximum absolute atomic E-state index is 13.5. The van der Waals surface area contributed by atoms with Gasteiger partial charge in [0.2, 0.25) is 17.5 Å². The van der Waals surface area contributed by atoms with Crippen molar-refractivity contribution in [1.82, 2.24) is 20.4 Å². The fraction of sp³-hybridized carbons (Fsp3) is 0.455. The number of halogens is 1. The van der Waals surface area contributed by atoms with Crippen LogP contribution in [0.5, 0.6) is 5.75 Å². The fourth-order valence-electron chi connectivity index (χ4n) is 10.1. The van der Waals surface area contributed by atoms with Gasteiger partial charge in [0.05, 0.1) is 22.7 Å². The Morgan fingerprint density at radius 2 is 1.54 bits per heavy atom. The highest BCUT2D eigenvalue weighted by Crippen LogP contribution is 2.55. The number of piperidine rings is 2. The van der Waals surface area contributed by atoms with Crippen LogP contribution >= 0.6 is 11.6 Å². The highest BCUT2D eigenvalue weighted by Gasteiger charge is 2.64. The molecule has 1 saturated carbocycles. The van der Waals surface area contributed by atoms with Crippen LogP contribution in [0.1, 0.15) is 102 Å². The van der Waals surface area contributed by atoms with Crippen LogP contribution in [0.4, 0.5) is 11.4 Å². The van der Waals surface area contributed by atoms with Crippen LogP contribution in [0, 0.1) is 23.3 Å². The van der Waals surface area contributed by atoms with E-state index in [4.69, 9.17) is 22.9 Å². The second-order valence-corrected chi connectivity index (χ2v) is 17.8. The minimum absolute atomic E-state index is 0.0975. The lowest BCUT2D eigenvalue weighted by molar-refractivity contribution is -0.164. The highest BCUT2D eigenvalue weighted by atomic mass is 35.5. The first-order valence-corrected chi connectivity index (χ1v) is 20.1. The second-order valence-electron chi connectivity index (χ2n) is 17.4. The van der Waals surface area contributed by atoms with Crippen molar-refractivity contribution in [3.63, 3.8) is 0 Å². The third-order valence-corrected chi connectivity index (χ3v) is 13.2. The van der Waals surface area contributed by atoms with Crippen LogP contribution < -0.4 is 20.3 Å². The molecule has 0 spiro atoms. The lowest BCUT2D eigenvalue weighted by Crippen LogP contribution is -2.74. The Kier molecular flexibility index (Phi) is 9.89. The number of hydrogen-bond donors (Lipinski definition) is 2. The normalized spacial score (nSPS) is 24.0. The molecule has 13 heteroatoms. The molecule has 0 bridgehead atoms. The first-order valence-electron chi connectivity index (χ1n) is 19.7. The van der Waals surface area contributed by atoms with Gasteiger partial charge in [-0.1, -0.05) is 45.4 Å². The minimum Gasteiger partial charge on any atom is -0.489 e. The maximum Gasteiger partial charge on any atom is 0.262 e. The van der Waals surface area contributed by atoms with E-state index in [1.807, 2.05) is 36.4 Å². The monoisotopic (exact) mass is 790 g/mol. The molecule has 5 aliphatic rings. The zero-order valence-corrected chi connectivity index (χ0v) is 33.4. The Balaban J connectivity index is 0.799. The standard InChI is InChI=1S/C44H47ClN6O6/c1-43(2)41(44(3,4)42(43)57-30-10-11-34(46-5)33(45)22-30)48-37(53)26-6-8-29(9-7-26)50-18-15-25(16-19-50)14-17-49-23-27-20-31-32(21-28(27)24-49)40(56)51(39(31)55)35-12-13-36(52)47-38(35)54/h6-11,20-22,25,35,41-42H,12-19,23-24H2,1-4H3,(H,48,53)(H,47,52,54)/t35-,41?,42?/m1/s1. The van der Waals surface area contributed by atoms with E-state index in [9.17, 15) is 24.0 Å². The van der Waals surface area contributed by atoms with Crippen LogP contribution in [0.25, 0.3) is 4.85 Å². The van der Waals surface area contributed by atoms with Gasteiger partial charge >= 0.3 is 0 Å². The molecule has 0 unspecified atom stereocenters. The number of carbonyl (C=O) groups is 5. The zero-order valence-electron chi connectivity index (χ0n) is 32.7. The molecule has 3 aromatic carbocycles. The van der Waals surface area contributed by atoms with E-state index in [0.29, 0.717) is 52.2 Å².